The minimum atomic E-state index is -0.0407. The molecule has 6 nitrogen and oxygen atoms in total. The smallest absolute Gasteiger partial charge is 0.317 e. The highest BCUT2D eigenvalue weighted by Gasteiger charge is 2.29. The quantitative estimate of drug-likeness (QED) is 0.815. The lowest BCUT2D eigenvalue weighted by Gasteiger charge is -2.25. The third-order valence-electron chi connectivity index (χ3n) is 3.77. The number of rotatable bonds is 5. The van der Waals surface area contributed by atoms with E-state index in [2.05, 4.69) is 11.4 Å². The van der Waals surface area contributed by atoms with E-state index in [0.717, 1.165) is 25.8 Å². The standard InChI is InChI=1S/C16H22N4O2/c1-2-8-19-16(21)20-9-4-5-12(20)11-22-15-7-3-6-14(18)13(15)10-17/h3,6-7,12H,2,4-5,8-9,11,18H2,1H3,(H,19,21). The highest BCUT2D eigenvalue weighted by molar-refractivity contribution is 5.74. The van der Waals surface area contributed by atoms with Crippen LogP contribution < -0.4 is 15.8 Å². The van der Waals surface area contributed by atoms with E-state index in [9.17, 15) is 4.79 Å². The second kappa shape index (κ2) is 7.55. The van der Waals surface area contributed by atoms with E-state index in [1.807, 2.05) is 11.8 Å². The molecule has 118 valence electrons. The van der Waals surface area contributed by atoms with Gasteiger partial charge in [0.25, 0.3) is 0 Å². The summed E-state index contributed by atoms with van der Waals surface area (Å²) in [5.41, 5.74) is 6.52. The zero-order chi connectivity index (χ0) is 15.9. The number of nitrogens with two attached hydrogens (primary N) is 1. The number of hydrogen-bond acceptors (Lipinski definition) is 4. The largest absolute Gasteiger partial charge is 0.490 e. The highest BCUT2D eigenvalue weighted by Crippen LogP contribution is 2.25. The molecule has 2 rings (SSSR count). The van der Waals surface area contributed by atoms with E-state index in [1.165, 1.54) is 0 Å². The van der Waals surface area contributed by atoms with Crippen LogP contribution in [-0.4, -0.2) is 36.7 Å². The third kappa shape index (κ3) is 3.61. The van der Waals surface area contributed by atoms with Crippen LogP contribution in [0.4, 0.5) is 10.5 Å². The number of carbonyl (C=O) groups excluding carboxylic acids is 1. The van der Waals surface area contributed by atoms with E-state index in [-0.39, 0.29) is 12.1 Å². The van der Waals surface area contributed by atoms with Crippen molar-refractivity contribution in [1.29, 1.82) is 5.26 Å². The van der Waals surface area contributed by atoms with Crippen LogP contribution in [0.2, 0.25) is 0 Å². The summed E-state index contributed by atoms with van der Waals surface area (Å²) >= 11 is 0. The molecule has 1 aromatic rings. The Morgan fingerprint density at radius 3 is 3.14 bits per heavy atom. The van der Waals surface area contributed by atoms with E-state index in [1.54, 1.807) is 18.2 Å². The number of nitriles is 1. The number of nitrogen functional groups attached to an aromatic ring is 1. The zero-order valence-electron chi connectivity index (χ0n) is 12.8. The summed E-state index contributed by atoms with van der Waals surface area (Å²) in [7, 11) is 0. The van der Waals surface area contributed by atoms with E-state index < -0.39 is 0 Å². The molecule has 1 saturated heterocycles. The Morgan fingerprint density at radius 1 is 1.59 bits per heavy atom. The monoisotopic (exact) mass is 302 g/mol. The predicted molar refractivity (Wildman–Crippen MR) is 84.5 cm³/mol. The lowest BCUT2D eigenvalue weighted by molar-refractivity contribution is 0.165. The molecule has 0 saturated carbocycles. The van der Waals surface area contributed by atoms with Crippen molar-refractivity contribution < 1.29 is 9.53 Å². The van der Waals surface area contributed by atoms with E-state index in [0.29, 0.717) is 30.2 Å². The first-order chi connectivity index (χ1) is 10.7. The minimum absolute atomic E-state index is 0.0322. The Kier molecular flexibility index (Phi) is 5.48. The second-order valence-electron chi connectivity index (χ2n) is 5.36. The number of likely N-dealkylation sites (tertiary alicyclic amines) is 1. The summed E-state index contributed by atoms with van der Waals surface area (Å²) in [5.74, 6) is 0.475. The molecule has 0 bridgehead atoms. The number of nitrogens with zero attached hydrogens (tertiary/aromatic N) is 2. The van der Waals surface area contributed by atoms with Crippen molar-refractivity contribution in [3.8, 4) is 11.8 Å². The molecule has 0 spiro atoms. The number of urea groups is 1. The van der Waals surface area contributed by atoms with Gasteiger partial charge in [0.1, 0.15) is 24.0 Å². The summed E-state index contributed by atoms with van der Waals surface area (Å²) in [6.45, 7) is 3.81. The van der Waals surface area contributed by atoms with Crippen molar-refractivity contribution in [3.05, 3.63) is 23.8 Å². The topological polar surface area (TPSA) is 91.4 Å². The average Bonchev–Trinajstić information content (AvgIpc) is 2.99. The van der Waals surface area contributed by atoms with Gasteiger partial charge in [0.15, 0.2) is 0 Å². The molecule has 0 aromatic heterocycles. The summed E-state index contributed by atoms with van der Waals surface area (Å²) in [6.07, 6.45) is 2.79. The third-order valence-corrected chi connectivity index (χ3v) is 3.77. The molecule has 1 fully saturated rings. The van der Waals surface area contributed by atoms with Crippen LogP contribution >= 0.6 is 0 Å². The van der Waals surface area contributed by atoms with Crippen LogP contribution in [0, 0.1) is 11.3 Å². The highest BCUT2D eigenvalue weighted by atomic mass is 16.5. The van der Waals surface area contributed by atoms with E-state index in [4.69, 9.17) is 15.7 Å². The Morgan fingerprint density at radius 2 is 2.41 bits per heavy atom. The number of hydrogen-bond donors (Lipinski definition) is 2. The molecule has 2 amide bonds. The van der Waals surface area contributed by atoms with Gasteiger partial charge < -0.3 is 20.7 Å². The maximum Gasteiger partial charge on any atom is 0.317 e. The number of amides is 2. The summed E-state index contributed by atoms with van der Waals surface area (Å²) < 4.78 is 5.75. The first-order valence-corrected chi connectivity index (χ1v) is 7.63. The van der Waals surface area contributed by atoms with Crippen molar-refractivity contribution in [1.82, 2.24) is 10.2 Å². The summed E-state index contributed by atoms with van der Waals surface area (Å²) in [5, 5.41) is 12.0. The molecule has 3 N–H and O–H groups in total. The van der Waals surface area contributed by atoms with E-state index >= 15 is 0 Å². The summed E-state index contributed by atoms with van der Waals surface area (Å²) in [6, 6.07) is 7.21. The molecule has 0 aliphatic carbocycles. The van der Waals surface area contributed by atoms with Crippen molar-refractivity contribution in [3.63, 3.8) is 0 Å². The van der Waals surface area contributed by atoms with Crippen LogP contribution in [0.15, 0.2) is 18.2 Å². The van der Waals surface area contributed by atoms with Gasteiger partial charge in [-0.1, -0.05) is 13.0 Å². The fourth-order valence-electron chi connectivity index (χ4n) is 2.58. The Labute approximate surface area is 130 Å². The molecule has 1 aliphatic rings. The summed E-state index contributed by atoms with van der Waals surface area (Å²) in [4.78, 5) is 13.9. The average molecular weight is 302 g/mol. The molecule has 1 aromatic carbocycles. The molecular weight excluding hydrogens is 280 g/mol. The number of nitrogens with one attached hydrogen (secondary N) is 1. The second-order valence-corrected chi connectivity index (χ2v) is 5.36. The van der Waals surface area contributed by atoms with Gasteiger partial charge in [-0.25, -0.2) is 4.79 Å². The fraction of sp³-hybridized carbons (Fsp3) is 0.500. The lowest BCUT2D eigenvalue weighted by atomic mass is 10.2. The van der Waals surface area contributed by atoms with Crippen LogP contribution in [0.1, 0.15) is 31.7 Å². The van der Waals surface area contributed by atoms with Crippen LogP contribution in [0.25, 0.3) is 0 Å². The van der Waals surface area contributed by atoms with Crippen molar-refractivity contribution in [2.24, 2.45) is 0 Å². The molecule has 22 heavy (non-hydrogen) atoms. The zero-order valence-corrected chi connectivity index (χ0v) is 12.8. The normalized spacial score (nSPS) is 17.1. The van der Waals surface area contributed by atoms with Gasteiger partial charge in [-0.2, -0.15) is 5.26 Å². The maximum absolute atomic E-state index is 12.1. The molecule has 1 unspecified atom stereocenters. The SMILES string of the molecule is CCCNC(=O)N1CCCC1COc1cccc(N)c1C#N. The van der Waals surface area contributed by atoms with Gasteiger partial charge in [-0.05, 0) is 31.4 Å². The lowest BCUT2D eigenvalue weighted by Crippen LogP contribution is -2.45. The molecular formula is C16H22N4O2. The van der Waals surface area contributed by atoms with Gasteiger partial charge in [-0.15, -0.1) is 0 Å². The molecule has 6 heteroatoms. The molecule has 1 atom stereocenters. The van der Waals surface area contributed by atoms with Gasteiger partial charge in [0.05, 0.1) is 11.7 Å². The van der Waals surface area contributed by atoms with Gasteiger partial charge in [0.2, 0.25) is 0 Å². The maximum atomic E-state index is 12.1. The van der Waals surface area contributed by atoms with Gasteiger partial charge in [-0.3, -0.25) is 0 Å². The van der Waals surface area contributed by atoms with Crippen LogP contribution in [-0.2, 0) is 0 Å². The molecule has 0 radical (unpaired) electrons. The molecule has 1 aliphatic heterocycles. The number of carbonyl (C=O) groups is 1. The Balaban J connectivity index is 1.97. The Bertz CT molecular complexity index is 568. The predicted octanol–water partition coefficient (Wildman–Crippen LogP) is 2.10. The van der Waals surface area contributed by atoms with Gasteiger partial charge in [0, 0.05) is 13.1 Å². The first-order valence-electron chi connectivity index (χ1n) is 7.63. The minimum Gasteiger partial charge on any atom is -0.490 e. The Hall–Kier alpha value is -2.42. The first kappa shape index (κ1) is 16.0. The van der Waals surface area contributed by atoms with Crippen LogP contribution in [0.3, 0.4) is 0 Å². The van der Waals surface area contributed by atoms with Crippen molar-refractivity contribution in [2.45, 2.75) is 32.2 Å². The number of anilines is 1. The van der Waals surface area contributed by atoms with Crippen LogP contribution in [0.5, 0.6) is 5.75 Å². The van der Waals surface area contributed by atoms with Gasteiger partial charge >= 0.3 is 6.03 Å². The number of ether oxygens (including phenoxy) is 1. The van der Waals surface area contributed by atoms with Crippen molar-refractivity contribution in [2.75, 3.05) is 25.4 Å². The molecule has 1 heterocycles. The number of benzene rings is 1. The fourth-order valence-corrected chi connectivity index (χ4v) is 2.58. The van der Waals surface area contributed by atoms with Crippen molar-refractivity contribution >= 4 is 11.7 Å².